The first-order valence-electron chi connectivity index (χ1n) is 6.09. The van der Waals surface area contributed by atoms with Gasteiger partial charge in [-0.25, -0.2) is 18.6 Å². The molecule has 0 radical (unpaired) electrons. The van der Waals surface area contributed by atoms with Crippen LogP contribution in [0.25, 0.3) is 0 Å². The summed E-state index contributed by atoms with van der Waals surface area (Å²) in [4.78, 5) is 27.9. The van der Waals surface area contributed by atoms with E-state index in [9.17, 15) is 26.9 Å². The molecule has 158 valence electrons. The Labute approximate surface area is 151 Å². The lowest BCUT2D eigenvalue weighted by atomic mass is 10.9. The van der Waals surface area contributed by atoms with Crippen LogP contribution >= 0.6 is 49.8 Å². The summed E-state index contributed by atoms with van der Waals surface area (Å²) in [7, 11) is -18.7. The van der Waals surface area contributed by atoms with Gasteiger partial charge in [0.2, 0.25) is 0 Å². The molecule has 13 nitrogen and oxygen atoms in total. The van der Waals surface area contributed by atoms with E-state index in [4.69, 9.17) is 14.7 Å². The predicted octanol–water partition coefficient (Wildman–Crippen LogP) is 3.57. The molecule has 22 heteroatoms. The smallest absolute Gasteiger partial charge is 0.302 e. The number of hydrogen-bond donors (Lipinski definition) is 4. The van der Waals surface area contributed by atoms with Gasteiger partial charge in [-0.15, -0.1) is 8.96 Å². The van der Waals surface area contributed by atoms with E-state index in [2.05, 4.69) is 22.5 Å². The molecule has 0 bridgehead atoms. The largest absolute Gasteiger partial charge is 0.490 e. The van der Waals surface area contributed by atoms with Crippen LogP contribution in [-0.4, -0.2) is 37.2 Å². The van der Waals surface area contributed by atoms with E-state index in [1.54, 1.807) is 0 Å². The summed E-state index contributed by atoms with van der Waals surface area (Å²) in [5, 5.41) is 0. The molecule has 1 aliphatic heterocycles. The third kappa shape index (κ3) is 12.0. The van der Waals surface area contributed by atoms with E-state index in [0.717, 1.165) is 0 Å². The zero-order valence-electron chi connectivity index (χ0n) is 12.9. The number of phosphoric ester groups is 1. The molecule has 0 amide bonds. The van der Waals surface area contributed by atoms with Crippen molar-refractivity contribution in [2.75, 3.05) is 13.2 Å². The monoisotopic (exact) mass is 509 g/mol. The van der Waals surface area contributed by atoms with Crippen molar-refractivity contribution in [3.8, 4) is 0 Å². The summed E-state index contributed by atoms with van der Waals surface area (Å²) in [6.07, 6.45) is 0. The van der Waals surface area contributed by atoms with Gasteiger partial charge < -0.3 is 14.7 Å². The minimum absolute atomic E-state index is 0.173. The third-order valence-corrected chi connectivity index (χ3v) is 9.46. The lowest BCUT2D eigenvalue weighted by Crippen LogP contribution is -2.12. The molecule has 1 rings (SSSR count). The molecule has 1 saturated heterocycles. The standard InChI is InChI=1S/C4H13O10P3.F3H3N3P3/c1-3-11-17(10,12-4-2)14-16(8,9)13-15(5,6)7;1-5-7-4-8-6(2)9(5)3/h3-4H2,1-2H3,(H,8,9)(H2,5,6,7);4,7-8H. The molecule has 0 saturated carbocycles. The highest BCUT2D eigenvalue weighted by Crippen LogP contribution is 2.68. The number of halogens is 3. The summed E-state index contributed by atoms with van der Waals surface area (Å²) in [5.74, 6) is 0. The molecule has 26 heavy (non-hydrogen) atoms. The average Bonchev–Trinajstić information content (AvgIpc) is 2.42. The Morgan fingerprint density at radius 3 is 1.73 bits per heavy atom. The maximum atomic E-state index is 12.1. The molecule has 4 N–H and O–H groups in total. The molecule has 0 aromatic carbocycles. The zero-order chi connectivity index (χ0) is 20.6. The molecular weight excluding hydrogens is 493 g/mol. The van der Waals surface area contributed by atoms with Crippen molar-refractivity contribution in [1.29, 1.82) is 0 Å². The van der Waals surface area contributed by atoms with Crippen molar-refractivity contribution in [2.24, 2.45) is 0 Å². The molecule has 0 aromatic heterocycles. The Kier molecular flexibility index (Phi) is 12.8. The van der Waals surface area contributed by atoms with Crippen molar-refractivity contribution in [2.45, 2.75) is 13.8 Å². The van der Waals surface area contributed by atoms with Gasteiger partial charge in [-0.05, 0) is 23.2 Å². The molecule has 3 atom stereocenters. The van der Waals surface area contributed by atoms with Gasteiger partial charge in [0.25, 0.3) is 0 Å². The van der Waals surface area contributed by atoms with Crippen molar-refractivity contribution in [1.82, 2.24) is 14.2 Å². The van der Waals surface area contributed by atoms with Gasteiger partial charge in [-0.1, -0.05) is 0 Å². The van der Waals surface area contributed by atoms with Gasteiger partial charge in [0.05, 0.1) is 31.0 Å². The SMILES string of the molecule is CCOP(=O)(OCC)OP(=O)(O)OP(=O)(O)O.FN1PNPN(F)P1F. The fourth-order valence-corrected chi connectivity index (χ4v) is 7.88. The second kappa shape index (κ2) is 12.2. The molecule has 1 fully saturated rings. The van der Waals surface area contributed by atoms with Crippen LogP contribution in [0.2, 0.25) is 0 Å². The van der Waals surface area contributed by atoms with E-state index < -0.39 is 49.8 Å². The van der Waals surface area contributed by atoms with Crippen LogP contribution in [-0.2, 0) is 31.4 Å². The Bertz CT molecular complexity index is 548. The lowest BCUT2D eigenvalue weighted by Gasteiger charge is -2.24. The van der Waals surface area contributed by atoms with E-state index in [-0.39, 0.29) is 22.5 Å². The van der Waals surface area contributed by atoms with Crippen molar-refractivity contribution in [3.05, 3.63) is 0 Å². The quantitative estimate of drug-likeness (QED) is 0.277. The topological polar surface area (TPSA) is 167 Å². The highest BCUT2D eigenvalue weighted by Gasteiger charge is 2.42. The van der Waals surface area contributed by atoms with E-state index >= 15 is 0 Å². The molecule has 1 aliphatic rings. The van der Waals surface area contributed by atoms with Gasteiger partial charge in [0.15, 0.2) is 0 Å². The Hall–Kier alpha value is 1.37. The summed E-state index contributed by atoms with van der Waals surface area (Å²) in [5.41, 5.74) is 0. The number of nitrogens with one attached hydrogen (secondary N) is 1. The second-order valence-corrected chi connectivity index (χ2v) is 12.3. The van der Waals surface area contributed by atoms with Crippen molar-refractivity contribution in [3.63, 3.8) is 0 Å². The fraction of sp³-hybridized carbons (Fsp3) is 1.00. The highest BCUT2D eigenvalue weighted by molar-refractivity contribution is 7.69. The first-order valence-corrected chi connectivity index (χ1v) is 13.6. The van der Waals surface area contributed by atoms with Gasteiger partial charge in [-0.2, -0.15) is 12.8 Å². The van der Waals surface area contributed by atoms with Crippen LogP contribution in [0.1, 0.15) is 13.8 Å². The average molecular weight is 509 g/mol. The van der Waals surface area contributed by atoms with Crippen LogP contribution in [0.3, 0.4) is 0 Å². The maximum absolute atomic E-state index is 12.1. The molecular formula is C4H16F3N3O10P6. The van der Waals surface area contributed by atoms with Crippen LogP contribution in [0.15, 0.2) is 0 Å². The van der Waals surface area contributed by atoms with Crippen LogP contribution in [0, 0.1) is 0 Å². The van der Waals surface area contributed by atoms with E-state index in [1.165, 1.54) is 13.8 Å². The minimum Gasteiger partial charge on any atom is -0.302 e. The Balaban J connectivity index is 0.000000577. The predicted molar refractivity (Wildman–Crippen MR) is 88.6 cm³/mol. The van der Waals surface area contributed by atoms with Crippen LogP contribution in [0.4, 0.5) is 13.2 Å². The van der Waals surface area contributed by atoms with Gasteiger partial charge >= 0.3 is 32.0 Å². The first kappa shape index (κ1) is 27.4. The molecule has 0 spiro atoms. The molecule has 1 heterocycles. The second-order valence-electron chi connectivity index (χ2n) is 3.51. The maximum Gasteiger partial charge on any atom is 0.490 e. The summed E-state index contributed by atoms with van der Waals surface area (Å²) < 4.78 is 85.1. The lowest BCUT2D eigenvalue weighted by molar-refractivity contribution is 0.146. The van der Waals surface area contributed by atoms with Gasteiger partial charge in [0, 0.05) is 0 Å². The van der Waals surface area contributed by atoms with E-state index in [1.807, 2.05) is 0 Å². The summed E-state index contributed by atoms with van der Waals surface area (Å²) in [6.45, 7) is 2.46. The zero-order valence-corrected chi connectivity index (χ0v) is 18.5. The Morgan fingerprint density at radius 2 is 1.42 bits per heavy atom. The van der Waals surface area contributed by atoms with Gasteiger partial charge in [0.1, 0.15) is 0 Å². The highest BCUT2D eigenvalue weighted by atomic mass is 31.3. The number of rotatable bonds is 8. The normalized spacial score (nSPS) is 24.2. The van der Waals surface area contributed by atoms with Crippen LogP contribution in [0.5, 0.6) is 0 Å². The van der Waals surface area contributed by atoms with Crippen LogP contribution < -0.4 is 4.86 Å². The summed E-state index contributed by atoms with van der Waals surface area (Å²) >= 11 is 0. The Morgan fingerprint density at radius 1 is 1.00 bits per heavy atom. The fourth-order valence-electron chi connectivity index (χ4n) is 0.945. The number of hydrogen-bond acceptors (Lipinski definition) is 10. The third-order valence-electron chi connectivity index (χ3n) is 1.57. The number of phosphoric acid groups is 3. The first-order chi connectivity index (χ1) is 11.8. The molecule has 0 aromatic rings. The van der Waals surface area contributed by atoms with Crippen molar-refractivity contribution >= 4 is 49.8 Å². The van der Waals surface area contributed by atoms with E-state index in [0.29, 0.717) is 0 Å². The molecule has 3 unspecified atom stereocenters. The minimum atomic E-state index is -5.28. The van der Waals surface area contributed by atoms with Crippen molar-refractivity contribution < 1.29 is 59.2 Å². The molecule has 0 aliphatic carbocycles. The van der Waals surface area contributed by atoms with Gasteiger partial charge in [-0.3, -0.25) is 9.05 Å². The summed E-state index contributed by atoms with van der Waals surface area (Å²) in [6, 6.07) is 0. The number of nitrogens with zero attached hydrogens (tertiary/aromatic N) is 2.